The monoisotopic (exact) mass is 485 g/mol. The predicted molar refractivity (Wildman–Crippen MR) is 129 cm³/mol. The number of anilines is 2. The molecule has 0 unspecified atom stereocenters. The van der Waals surface area contributed by atoms with Gasteiger partial charge in [-0.1, -0.05) is 0 Å². The highest BCUT2D eigenvalue weighted by atomic mass is 32.1. The zero-order valence-electron chi connectivity index (χ0n) is 19.3. The van der Waals surface area contributed by atoms with Crippen LogP contribution in [0.5, 0.6) is 5.75 Å². The van der Waals surface area contributed by atoms with E-state index in [0.29, 0.717) is 50.1 Å². The topological polar surface area (TPSA) is 79.8 Å². The van der Waals surface area contributed by atoms with Gasteiger partial charge in [0.15, 0.2) is 0 Å². The van der Waals surface area contributed by atoms with Gasteiger partial charge in [0, 0.05) is 30.3 Å². The van der Waals surface area contributed by atoms with E-state index in [0.717, 1.165) is 34.4 Å². The molecule has 2 aromatic heterocycles. The standard InChI is InChI=1S/C24H28FN5O3S/c1-29(2)13-21(31)30-8-5-17-20(12-30)34-24-22(17)23(26-14-27-24)28-18-4-3-15(25)11-19(18)33-16-6-9-32-10-7-16/h3-4,11,14,16H,5-10,12-13H2,1-2H3,(H,26,27,28). The molecule has 1 saturated heterocycles. The van der Waals surface area contributed by atoms with Crippen LogP contribution in [0.2, 0.25) is 0 Å². The summed E-state index contributed by atoms with van der Waals surface area (Å²) in [5.41, 5.74) is 1.83. The fraction of sp³-hybridized carbons (Fsp3) is 0.458. The third-order valence-electron chi connectivity index (χ3n) is 6.10. The van der Waals surface area contributed by atoms with Crippen molar-refractivity contribution in [2.75, 3.05) is 45.7 Å². The van der Waals surface area contributed by atoms with Crippen LogP contribution in [0.3, 0.4) is 0 Å². The van der Waals surface area contributed by atoms with Gasteiger partial charge in [-0.25, -0.2) is 14.4 Å². The Morgan fingerprint density at radius 3 is 2.94 bits per heavy atom. The Labute approximate surface area is 201 Å². The van der Waals surface area contributed by atoms with Crippen molar-refractivity contribution >= 4 is 39.0 Å². The molecule has 0 bridgehead atoms. The lowest BCUT2D eigenvalue weighted by Gasteiger charge is -2.28. The molecule has 0 saturated carbocycles. The molecule has 1 aromatic carbocycles. The maximum Gasteiger partial charge on any atom is 0.237 e. The molecule has 1 N–H and O–H groups in total. The first-order valence-electron chi connectivity index (χ1n) is 11.5. The first-order valence-corrected chi connectivity index (χ1v) is 12.3. The van der Waals surface area contributed by atoms with Gasteiger partial charge >= 0.3 is 0 Å². The number of ether oxygens (including phenoxy) is 2. The summed E-state index contributed by atoms with van der Waals surface area (Å²) in [4.78, 5) is 27.4. The molecular weight excluding hydrogens is 457 g/mol. The molecule has 10 heteroatoms. The van der Waals surface area contributed by atoms with E-state index in [1.807, 2.05) is 23.9 Å². The summed E-state index contributed by atoms with van der Waals surface area (Å²) in [6, 6.07) is 4.50. The molecule has 0 atom stereocenters. The molecule has 2 aliphatic heterocycles. The minimum atomic E-state index is -0.351. The van der Waals surface area contributed by atoms with Crippen LogP contribution in [0.25, 0.3) is 10.2 Å². The van der Waals surface area contributed by atoms with Crippen LogP contribution >= 0.6 is 11.3 Å². The molecule has 34 heavy (non-hydrogen) atoms. The van der Waals surface area contributed by atoms with E-state index in [1.165, 1.54) is 24.0 Å². The number of amides is 1. The van der Waals surface area contributed by atoms with Crippen LogP contribution < -0.4 is 10.1 Å². The molecule has 1 amide bonds. The van der Waals surface area contributed by atoms with Crippen molar-refractivity contribution in [2.24, 2.45) is 0 Å². The highest BCUT2D eigenvalue weighted by Gasteiger charge is 2.27. The number of likely N-dealkylation sites (N-methyl/N-ethyl adjacent to an activating group) is 1. The van der Waals surface area contributed by atoms with Gasteiger partial charge in [0.05, 0.1) is 37.4 Å². The van der Waals surface area contributed by atoms with Crippen LogP contribution in [0.15, 0.2) is 24.5 Å². The van der Waals surface area contributed by atoms with Gasteiger partial charge in [-0.05, 0) is 38.2 Å². The number of carbonyl (C=O) groups excluding carboxylic acids is 1. The van der Waals surface area contributed by atoms with Gasteiger partial charge in [0.25, 0.3) is 0 Å². The zero-order chi connectivity index (χ0) is 23.7. The van der Waals surface area contributed by atoms with Crippen molar-refractivity contribution in [3.05, 3.63) is 40.8 Å². The van der Waals surface area contributed by atoms with Gasteiger partial charge in [0.2, 0.25) is 5.91 Å². The Kier molecular flexibility index (Phi) is 6.62. The number of fused-ring (bicyclic) bond motifs is 3. The minimum Gasteiger partial charge on any atom is -0.488 e. The summed E-state index contributed by atoms with van der Waals surface area (Å²) < 4.78 is 25.6. The largest absolute Gasteiger partial charge is 0.488 e. The van der Waals surface area contributed by atoms with E-state index in [9.17, 15) is 9.18 Å². The highest BCUT2D eigenvalue weighted by molar-refractivity contribution is 7.19. The summed E-state index contributed by atoms with van der Waals surface area (Å²) >= 11 is 1.60. The number of carbonyl (C=O) groups is 1. The van der Waals surface area contributed by atoms with E-state index in [4.69, 9.17) is 9.47 Å². The predicted octanol–water partition coefficient (Wildman–Crippen LogP) is 3.58. The lowest BCUT2D eigenvalue weighted by Crippen LogP contribution is -2.40. The molecule has 5 rings (SSSR count). The third kappa shape index (κ3) is 4.84. The highest BCUT2D eigenvalue weighted by Crippen LogP contribution is 2.39. The lowest BCUT2D eigenvalue weighted by atomic mass is 10.0. The maximum atomic E-state index is 14.1. The second-order valence-electron chi connectivity index (χ2n) is 8.90. The van der Waals surface area contributed by atoms with E-state index >= 15 is 0 Å². The van der Waals surface area contributed by atoms with Gasteiger partial charge in [0.1, 0.15) is 34.6 Å². The fourth-order valence-corrected chi connectivity index (χ4v) is 5.61. The number of aromatic nitrogens is 2. The van der Waals surface area contributed by atoms with Crippen LogP contribution in [0, 0.1) is 5.82 Å². The second-order valence-corrected chi connectivity index (χ2v) is 9.99. The summed E-state index contributed by atoms with van der Waals surface area (Å²) in [7, 11) is 3.80. The first kappa shape index (κ1) is 22.9. The zero-order valence-corrected chi connectivity index (χ0v) is 20.2. The van der Waals surface area contributed by atoms with E-state index in [1.54, 1.807) is 17.4 Å². The summed E-state index contributed by atoms with van der Waals surface area (Å²) in [6.07, 6.45) is 3.81. The average Bonchev–Trinajstić information content (AvgIpc) is 3.20. The molecular formula is C24H28FN5O3S. The number of benzene rings is 1. The van der Waals surface area contributed by atoms with Crippen molar-refractivity contribution < 1.29 is 18.7 Å². The van der Waals surface area contributed by atoms with Gasteiger partial charge in [-0.3, -0.25) is 4.79 Å². The van der Waals surface area contributed by atoms with Crippen LogP contribution in [-0.4, -0.2) is 72.2 Å². The summed E-state index contributed by atoms with van der Waals surface area (Å²) in [5, 5.41) is 4.34. The Morgan fingerprint density at radius 2 is 2.15 bits per heavy atom. The molecule has 2 aliphatic rings. The van der Waals surface area contributed by atoms with Crippen LogP contribution in [-0.2, 0) is 22.5 Å². The van der Waals surface area contributed by atoms with E-state index in [2.05, 4.69) is 15.3 Å². The Bertz CT molecular complexity index is 1190. The molecule has 0 aliphatic carbocycles. The number of hydrogen-bond donors (Lipinski definition) is 1. The first-order chi connectivity index (χ1) is 16.5. The molecule has 8 nitrogen and oxygen atoms in total. The molecule has 0 radical (unpaired) electrons. The number of rotatable bonds is 6. The van der Waals surface area contributed by atoms with Crippen molar-refractivity contribution in [1.82, 2.24) is 19.8 Å². The Morgan fingerprint density at radius 1 is 1.32 bits per heavy atom. The van der Waals surface area contributed by atoms with Gasteiger partial charge in [-0.2, -0.15) is 0 Å². The van der Waals surface area contributed by atoms with Crippen molar-refractivity contribution in [3.63, 3.8) is 0 Å². The maximum absolute atomic E-state index is 14.1. The number of thiophene rings is 1. The van der Waals surface area contributed by atoms with Crippen molar-refractivity contribution in [2.45, 2.75) is 31.9 Å². The Hall–Kier alpha value is -2.82. The quantitative estimate of drug-likeness (QED) is 0.572. The lowest BCUT2D eigenvalue weighted by molar-refractivity contribution is -0.132. The number of hydrogen-bond acceptors (Lipinski definition) is 8. The normalized spacial score (nSPS) is 16.6. The molecule has 1 fully saturated rings. The average molecular weight is 486 g/mol. The van der Waals surface area contributed by atoms with Gasteiger partial charge < -0.3 is 24.6 Å². The molecule has 4 heterocycles. The second kappa shape index (κ2) is 9.81. The number of nitrogens with one attached hydrogen (secondary N) is 1. The van der Waals surface area contributed by atoms with Gasteiger partial charge in [-0.15, -0.1) is 11.3 Å². The van der Waals surface area contributed by atoms with E-state index < -0.39 is 0 Å². The van der Waals surface area contributed by atoms with Crippen molar-refractivity contribution in [1.29, 1.82) is 0 Å². The molecule has 3 aromatic rings. The number of halogens is 1. The minimum absolute atomic E-state index is 0.0129. The van der Waals surface area contributed by atoms with Crippen LogP contribution in [0.1, 0.15) is 23.3 Å². The van der Waals surface area contributed by atoms with Crippen molar-refractivity contribution in [3.8, 4) is 5.75 Å². The fourth-order valence-electron chi connectivity index (χ4n) is 4.40. The SMILES string of the molecule is CN(C)CC(=O)N1CCc2c(sc3ncnc(Nc4ccc(F)cc4OC4CCOCC4)c23)C1. The summed E-state index contributed by atoms with van der Waals surface area (Å²) in [6.45, 7) is 2.92. The van der Waals surface area contributed by atoms with E-state index in [-0.39, 0.29) is 17.8 Å². The smallest absolute Gasteiger partial charge is 0.237 e. The Balaban J connectivity index is 1.43. The molecule has 180 valence electrons. The van der Waals surface area contributed by atoms with Crippen LogP contribution in [0.4, 0.5) is 15.9 Å². The summed E-state index contributed by atoms with van der Waals surface area (Å²) in [5.74, 6) is 0.900. The number of nitrogens with zero attached hydrogens (tertiary/aromatic N) is 4. The third-order valence-corrected chi connectivity index (χ3v) is 7.22. The molecule has 0 spiro atoms.